The molecule has 0 saturated carbocycles. The van der Waals surface area contributed by atoms with Crippen LogP contribution in [0.5, 0.6) is 5.75 Å². The minimum atomic E-state index is -0.0375. The summed E-state index contributed by atoms with van der Waals surface area (Å²) in [6, 6.07) is 13.6. The van der Waals surface area contributed by atoms with Crippen LogP contribution in [0.3, 0.4) is 0 Å². The van der Waals surface area contributed by atoms with Crippen LogP contribution in [0, 0.1) is 0 Å². The van der Waals surface area contributed by atoms with Crippen molar-refractivity contribution < 1.29 is 13.9 Å². The summed E-state index contributed by atoms with van der Waals surface area (Å²) in [5.74, 6) is 1.81. The molecule has 1 aromatic carbocycles. The SMILES string of the molecule is COc1ccc([C@H]2CCCCN(C(=O)c3cc(-c4ccco4)[nH]n3)C2)cc1. The van der Waals surface area contributed by atoms with E-state index in [1.165, 1.54) is 5.56 Å². The predicted octanol–water partition coefficient (Wildman–Crippen LogP) is 4.09. The fourth-order valence-electron chi connectivity index (χ4n) is 3.63. The Balaban J connectivity index is 1.50. The third kappa shape index (κ3) is 3.74. The number of carbonyl (C=O) groups excluding carboxylic acids is 1. The molecule has 0 spiro atoms. The second-order valence-corrected chi connectivity index (χ2v) is 6.86. The smallest absolute Gasteiger partial charge is 0.274 e. The lowest BCUT2D eigenvalue weighted by atomic mass is 9.94. The summed E-state index contributed by atoms with van der Waals surface area (Å²) in [6.45, 7) is 1.46. The Kier molecular flexibility index (Phi) is 4.96. The molecule has 0 bridgehead atoms. The summed E-state index contributed by atoms with van der Waals surface area (Å²) < 4.78 is 10.6. The molecular weight excluding hydrogens is 342 g/mol. The van der Waals surface area contributed by atoms with Gasteiger partial charge in [0, 0.05) is 25.1 Å². The van der Waals surface area contributed by atoms with Crippen LogP contribution in [-0.2, 0) is 0 Å². The van der Waals surface area contributed by atoms with Gasteiger partial charge in [-0.1, -0.05) is 18.6 Å². The van der Waals surface area contributed by atoms with Crippen LogP contribution < -0.4 is 4.74 Å². The fraction of sp³-hybridized carbons (Fsp3) is 0.333. The van der Waals surface area contributed by atoms with Gasteiger partial charge in [-0.2, -0.15) is 5.10 Å². The van der Waals surface area contributed by atoms with Crippen molar-refractivity contribution in [1.82, 2.24) is 15.1 Å². The molecule has 140 valence electrons. The molecule has 1 aliphatic rings. The van der Waals surface area contributed by atoms with E-state index in [1.807, 2.05) is 29.2 Å². The highest BCUT2D eigenvalue weighted by atomic mass is 16.5. The van der Waals surface area contributed by atoms with Gasteiger partial charge >= 0.3 is 0 Å². The van der Waals surface area contributed by atoms with Crippen LogP contribution in [0.15, 0.2) is 53.1 Å². The van der Waals surface area contributed by atoms with E-state index in [9.17, 15) is 4.79 Å². The average Bonchev–Trinajstić information content (AvgIpc) is 3.35. The Bertz CT molecular complexity index is 884. The van der Waals surface area contributed by atoms with Gasteiger partial charge in [0.2, 0.25) is 0 Å². The van der Waals surface area contributed by atoms with Crippen LogP contribution in [0.2, 0.25) is 0 Å². The molecule has 27 heavy (non-hydrogen) atoms. The maximum absolute atomic E-state index is 13.0. The molecular formula is C21H23N3O3. The molecule has 1 atom stereocenters. The number of nitrogens with one attached hydrogen (secondary N) is 1. The first-order chi connectivity index (χ1) is 13.2. The summed E-state index contributed by atoms with van der Waals surface area (Å²) in [4.78, 5) is 14.9. The highest BCUT2D eigenvalue weighted by Crippen LogP contribution is 2.29. The third-order valence-electron chi connectivity index (χ3n) is 5.13. The molecule has 6 heteroatoms. The number of aromatic amines is 1. The van der Waals surface area contributed by atoms with Gasteiger partial charge in [0.25, 0.3) is 5.91 Å². The van der Waals surface area contributed by atoms with E-state index in [0.717, 1.165) is 31.6 Å². The number of furan rings is 1. The monoisotopic (exact) mass is 365 g/mol. The Morgan fingerprint density at radius 3 is 2.85 bits per heavy atom. The van der Waals surface area contributed by atoms with Gasteiger partial charge in [0.05, 0.1) is 13.4 Å². The molecule has 0 unspecified atom stereocenters. The van der Waals surface area contributed by atoms with Gasteiger partial charge in [0.15, 0.2) is 11.5 Å². The van der Waals surface area contributed by atoms with Crippen LogP contribution in [0.4, 0.5) is 0 Å². The zero-order chi connectivity index (χ0) is 18.6. The predicted molar refractivity (Wildman–Crippen MR) is 102 cm³/mol. The number of H-pyrrole nitrogens is 1. The number of amides is 1. The largest absolute Gasteiger partial charge is 0.497 e. The van der Waals surface area contributed by atoms with Gasteiger partial charge in [-0.15, -0.1) is 0 Å². The lowest BCUT2D eigenvalue weighted by Crippen LogP contribution is -2.34. The molecule has 1 fully saturated rings. The summed E-state index contributed by atoms with van der Waals surface area (Å²) in [5, 5.41) is 7.10. The van der Waals surface area contributed by atoms with E-state index < -0.39 is 0 Å². The number of hydrogen-bond donors (Lipinski definition) is 1. The van der Waals surface area contributed by atoms with Crippen molar-refractivity contribution in [2.24, 2.45) is 0 Å². The molecule has 1 aliphatic heterocycles. The lowest BCUT2D eigenvalue weighted by Gasteiger charge is -2.24. The summed E-state index contributed by atoms with van der Waals surface area (Å²) >= 11 is 0. The molecule has 1 N–H and O–H groups in total. The molecule has 3 heterocycles. The molecule has 1 amide bonds. The number of methoxy groups -OCH3 is 1. The van der Waals surface area contributed by atoms with E-state index in [1.54, 1.807) is 19.4 Å². The summed E-state index contributed by atoms with van der Waals surface area (Å²) in [5.41, 5.74) is 2.38. The van der Waals surface area contributed by atoms with Gasteiger partial charge in [0.1, 0.15) is 11.4 Å². The number of benzene rings is 1. The van der Waals surface area contributed by atoms with E-state index in [4.69, 9.17) is 9.15 Å². The quantitative estimate of drug-likeness (QED) is 0.756. The Labute approximate surface area is 158 Å². The number of hydrogen-bond acceptors (Lipinski definition) is 4. The normalized spacial score (nSPS) is 17.5. The Morgan fingerprint density at radius 2 is 2.11 bits per heavy atom. The second kappa shape index (κ2) is 7.70. The molecule has 6 nitrogen and oxygen atoms in total. The maximum Gasteiger partial charge on any atom is 0.274 e. The van der Waals surface area contributed by atoms with Gasteiger partial charge in [-0.25, -0.2) is 0 Å². The minimum Gasteiger partial charge on any atom is -0.497 e. The van der Waals surface area contributed by atoms with Crippen molar-refractivity contribution in [3.63, 3.8) is 0 Å². The zero-order valence-electron chi connectivity index (χ0n) is 15.4. The van der Waals surface area contributed by atoms with E-state index in [0.29, 0.717) is 29.6 Å². The van der Waals surface area contributed by atoms with E-state index in [2.05, 4.69) is 22.3 Å². The summed E-state index contributed by atoms with van der Waals surface area (Å²) in [6.07, 6.45) is 4.80. The zero-order valence-corrected chi connectivity index (χ0v) is 15.4. The fourth-order valence-corrected chi connectivity index (χ4v) is 3.63. The number of ether oxygens (including phenoxy) is 1. The number of likely N-dealkylation sites (tertiary alicyclic amines) is 1. The van der Waals surface area contributed by atoms with Crippen molar-refractivity contribution in [3.05, 3.63) is 60.0 Å². The third-order valence-corrected chi connectivity index (χ3v) is 5.13. The van der Waals surface area contributed by atoms with Gasteiger partial charge in [-0.05, 0) is 42.7 Å². The first kappa shape index (κ1) is 17.4. The van der Waals surface area contributed by atoms with Crippen molar-refractivity contribution in [1.29, 1.82) is 0 Å². The number of aromatic nitrogens is 2. The Morgan fingerprint density at radius 1 is 1.26 bits per heavy atom. The van der Waals surface area contributed by atoms with Crippen molar-refractivity contribution in [2.75, 3.05) is 20.2 Å². The second-order valence-electron chi connectivity index (χ2n) is 6.86. The number of nitrogens with zero attached hydrogens (tertiary/aromatic N) is 2. The summed E-state index contributed by atoms with van der Waals surface area (Å²) in [7, 11) is 1.67. The van der Waals surface area contributed by atoms with Gasteiger partial charge < -0.3 is 14.1 Å². The average molecular weight is 365 g/mol. The molecule has 2 aromatic heterocycles. The number of rotatable bonds is 4. The van der Waals surface area contributed by atoms with Crippen molar-refractivity contribution in [2.45, 2.75) is 25.2 Å². The first-order valence-corrected chi connectivity index (χ1v) is 9.27. The maximum atomic E-state index is 13.0. The van der Waals surface area contributed by atoms with Crippen LogP contribution in [-0.4, -0.2) is 41.2 Å². The highest BCUT2D eigenvalue weighted by molar-refractivity contribution is 5.93. The first-order valence-electron chi connectivity index (χ1n) is 9.27. The molecule has 0 radical (unpaired) electrons. The van der Waals surface area contributed by atoms with Gasteiger partial charge in [-0.3, -0.25) is 9.89 Å². The van der Waals surface area contributed by atoms with Crippen LogP contribution in [0.1, 0.15) is 41.2 Å². The topological polar surface area (TPSA) is 71.4 Å². The Hall–Kier alpha value is -3.02. The minimum absolute atomic E-state index is 0.0375. The van der Waals surface area contributed by atoms with Crippen molar-refractivity contribution >= 4 is 5.91 Å². The highest BCUT2D eigenvalue weighted by Gasteiger charge is 2.25. The van der Waals surface area contributed by atoms with Crippen molar-refractivity contribution in [3.8, 4) is 17.2 Å². The number of carbonyl (C=O) groups is 1. The standard InChI is InChI=1S/C21H23N3O3/c1-26-17-9-7-15(8-10-17)16-5-2-3-11-24(14-16)21(25)19-13-18(22-23-19)20-6-4-12-27-20/h4,6-10,12-13,16H,2-3,5,11,14H2,1H3,(H,22,23)/t16-/m0/s1. The van der Waals surface area contributed by atoms with Crippen LogP contribution >= 0.6 is 0 Å². The molecule has 0 aliphatic carbocycles. The molecule has 3 aromatic rings. The van der Waals surface area contributed by atoms with E-state index in [-0.39, 0.29) is 5.91 Å². The lowest BCUT2D eigenvalue weighted by molar-refractivity contribution is 0.0748. The molecule has 1 saturated heterocycles. The van der Waals surface area contributed by atoms with E-state index >= 15 is 0 Å². The van der Waals surface area contributed by atoms with Crippen LogP contribution in [0.25, 0.3) is 11.5 Å². The molecule has 4 rings (SSSR count).